The topological polar surface area (TPSA) is 36.5 Å². The molecule has 0 aromatic rings. The summed E-state index contributed by atoms with van der Waals surface area (Å²) in [6.07, 6.45) is 7.97. The van der Waals surface area contributed by atoms with Gasteiger partial charge in [-0.2, -0.15) is 0 Å². The van der Waals surface area contributed by atoms with E-state index in [4.69, 9.17) is 11.6 Å². The zero-order chi connectivity index (χ0) is 7.82. The van der Waals surface area contributed by atoms with Gasteiger partial charge in [0.2, 0.25) is 0 Å². The van der Waals surface area contributed by atoms with E-state index in [2.05, 4.69) is 13.8 Å². The molecule has 0 heterocycles. The fraction of sp³-hybridized carbons (Fsp3) is 1.00. The van der Waals surface area contributed by atoms with E-state index < -0.39 is 0 Å². The molecule has 11 heavy (non-hydrogen) atoms. The zero-order valence-electron chi connectivity index (χ0n) is 8.20. The van der Waals surface area contributed by atoms with Gasteiger partial charge in [-0.1, -0.05) is 39.0 Å². The SMILES string of the molecule is CCCCCCCC(C)Cl.[NH4+]. The first kappa shape index (κ1) is 13.8. The molecule has 0 spiro atoms. The van der Waals surface area contributed by atoms with E-state index >= 15 is 0 Å². The maximum absolute atomic E-state index is 5.79. The van der Waals surface area contributed by atoms with E-state index in [1.807, 2.05) is 0 Å². The third kappa shape index (κ3) is 13.3. The van der Waals surface area contributed by atoms with Gasteiger partial charge in [0.05, 0.1) is 0 Å². The minimum Gasteiger partial charge on any atom is -0.369 e. The minimum absolute atomic E-state index is 0. The second-order valence-corrected chi connectivity index (χ2v) is 3.73. The molecule has 0 fully saturated rings. The molecule has 0 aromatic carbocycles. The molecule has 4 N–H and O–H groups in total. The number of rotatable bonds is 6. The van der Waals surface area contributed by atoms with Crippen molar-refractivity contribution < 1.29 is 0 Å². The number of halogens is 1. The van der Waals surface area contributed by atoms with Crippen molar-refractivity contribution in [1.29, 1.82) is 0 Å². The Balaban J connectivity index is 0. The largest absolute Gasteiger partial charge is 0.369 e. The highest BCUT2D eigenvalue weighted by molar-refractivity contribution is 6.20. The van der Waals surface area contributed by atoms with E-state index in [1.165, 1.54) is 38.5 Å². The summed E-state index contributed by atoms with van der Waals surface area (Å²) in [5.41, 5.74) is 0. The lowest BCUT2D eigenvalue weighted by atomic mass is 10.1. The first-order chi connectivity index (χ1) is 4.77. The van der Waals surface area contributed by atoms with Crippen LogP contribution in [0.1, 0.15) is 52.4 Å². The van der Waals surface area contributed by atoms with Crippen LogP contribution in [0, 0.1) is 0 Å². The first-order valence-electron chi connectivity index (χ1n) is 4.41. The fourth-order valence-corrected chi connectivity index (χ4v) is 1.18. The Bertz CT molecular complexity index is 64.6. The number of alkyl halides is 1. The summed E-state index contributed by atoms with van der Waals surface area (Å²) in [4.78, 5) is 0. The summed E-state index contributed by atoms with van der Waals surface area (Å²) in [5.74, 6) is 0. The van der Waals surface area contributed by atoms with Gasteiger partial charge in [0.25, 0.3) is 0 Å². The molecular weight excluding hydrogens is 158 g/mol. The number of unbranched alkanes of at least 4 members (excludes halogenated alkanes) is 4. The maximum atomic E-state index is 5.79. The van der Waals surface area contributed by atoms with E-state index in [-0.39, 0.29) is 6.15 Å². The summed E-state index contributed by atoms with van der Waals surface area (Å²) in [6, 6.07) is 0. The molecule has 0 amide bonds. The molecule has 0 aliphatic carbocycles. The van der Waals surface area contributed by atoms with Crippen LogP contribution in [0.3, 0.4) is 0 Å². The van der Waals surface area contributed by atoms with Crippen molar-refractivity contribution in [2.24, 2.45) is 0 Å². The zero-order valence-corrected chi connectivity index (χ0v) is 8.95. The molecule has 0 radical (unpaired) electrons. The summed E-state index contributed by atoms with van der Waals surface area (Å²) in [5, 5.41) is 0.377. The Labute approximate surface area is 76.1 Å². The number of hydrogen-bond donors (Lipinski definition) is 1. The lowest BCUT2D eigenvalue weighted by Gasteiger charge is -2.01. The molecule has 70 valence electrons. The Morgan fingerprint density at radius 2 is 1.64 bits per heavy atom. The van der Waals surface area contributed by atoms with Crippen molar-refractivity contribution in [1.82, 2.24) is 6.15 Å². The molecule has 0 aliphatic heterocycles. The highest BCUT2D eigenvalue weighted by Crippen LogP contribution is 2.09. The lowest BCUT2D eigenvalue weighted by Crippen LogP contribution is -1.89. The van der Waals surface area contributed by atoms with Crippen LogP contribution >= 0.6 is 11.6 Å². The second-order valence-electron chi connectivity index (χ2n) is 2.98. The van der Waals surface area contributed by atoms with Gasteiger partial charge < -0.3 is 6.15 Å². The van der Waals surface area contributed by atoms with Crippen molar-refractivity contribution in [3.63, 3.8) is 0 Å². The molecule has 0 saturated carbocycles. The molecule has 1 unspecified atom stereocenters. The van der Waals surface area contributed by atoms with E-state index in [0.717, 1.165) is 0 Å². The lowest BCUT2D eigenvalue weighted by molar-refractivity contribution is 0.604. The molecule has 0 rings (SSSR count). The second kappa shape index (κ2) is 10.2. The molecule has 2 heteroatoms. The third-order valence-corrected chi connectivity index (χ3v) is 1.92. The molecule has 1 nitrogen and oxygen atoms in total. The van der Waals surface area contributed by atoms with Crippen LogP contribution in [0.15, 0.2) is 0 Å². The van der Waals surface area contributed by atoms with Gasteiger partial charge >= 0.3 is 0 Å². The van der Waals surface area contributed by atoms with Crippen LogP contribution in [0.2, 0.25) is 0 Å². The van der Waals surface area contributed by atoms with Crippen LogP contribution in [0.5, 0.6) is 0 Å². The van der Waals surface area contributed by atoms with E-state index in [0.29, 0.717) is 5.38 Å². The predicted octanol–water partition coefficient (Wildman–Crippen LogP) is 4.35. The summed E-state index contributed by atoms with van der Waals surface area (Å²) in [6.45, 7) is 4.31. The standard InChI is InChI=1S/C9H19Cl.H3N/c1-3-4-5-6-7-8-9(2)10;/h9H,3-8H2,1-2H3;1H3/p+1. The Kier molecular flexibility index (Phi) is 12.9. The van der Waals surface area contributed by atoms with Gasteiger partial charge in [-0.15, -0.1) is 11.6 Å². The predicted molar refractivity (Wildman–Crippen MR) is 54.7 cm³/mol. The summed E-state index contributed by atoms with van der Waals surface area (Å²) < 4.78 is 0. The van der Waals surface area contributed by atoms with Gasteiger partial charge in [0.15, 0.2) is 0 Å². The van der Waals surface area contributed by atoms with Crippen LogP contribution in [-0.4, -0.2) is 5.38 Å². The molecule has 0 aliphatic rings. The maximum Gasteiger partial charge on any atom is 0.0307 e. The Morgan fingerprint density at radius 3 is 2.09 bits per heavy atom. The highest BCUT2D eigenvalue weighted by atomic mass is 35.5. The Morgan fingerprint density at radius 1 is 1.09 bits per heavy atom. The van der Waals surface area contributed by atoms with Crippen molar-refractivity contribution in [2.45, 2.75) is 57.7 Å². The smallest absolute Gasteiger partial charge is 0.0307 e. The van der Waals surface area contributed by atoms with Crippen LogP contribution < -0.4 is 6.15 Å². The van der Waals surface area contributed by atoms with Gasteiger partial charge in [-0.25, -0.2) is 0 Å². The third-order valence-electron chi connectivity index (χ3n) is 1.71. The molecule has 1 atom stereocenters. The fourth-order valence-electron chi connectivity index (χ4n) is 1.03. The van der Waals surface area contributed by atoms with Gasteiger partial charge in [-0.3, -0.25) is 0 Å². The summed E-state index contributed by atoms with van der Waals surface area (Å²) >= 11 is 5.79. The quantitative estimate of drug-likeness (QED) is 0.466. The minimum atomic E-state index is 0. The average molecular weight is 181 g/mol. The average Bonchev–Trinajstić information content (AvgIpc) is 1.87. The Hall–Kier alpha value is 0.250. The van der Waals surface area contributed by atoms with E-state index in [9.17, 15) is 0 Å². The highest BCUT2D eigenvalue weighted by Gasteiger charge is 1.94. The molecule has 0 saturated heterocycles. The van der Waals surface area contributed by atoms with Crippen molar-refractivity contribution in [2.75, 3.05) is 0 Å². The molecule has 0 aromatic heterocycles. The number of hydrogen-bond acceptors (Lipinski definition) is 0. The van der Waals surface area contributed by atoms with Crippen LogP contribution in [0.4, 0.5) is 0 Å². The molecular formula is C9H23ClN+. The van der Waals surface area contributed by atoms with Gasteiger partial charge in [0, 0.05) is 5.38 Å². The van der Waals surface area contributed by atoms with Crippen LogP contribution in [-0.2, 0) is 0 Å². The monoisotopic (exact) mass is 180 g/mol. The van der Waals surface area contributed by atoms with Crippen molar-refractivity contribution in [3.8, 4) is 0 Å². The van der Waals surface area contributed by atoms with Crippen molar-refractivity contribution >= 4 is 11.6 Å². The van der Waals surface area contributed by atoms with E-state index in [1.54, 1.807) is 0 Å². The van der Waals surface area contributed by atoms with Gasteiger partial charge in [-0.05, 0) is 13.3 Å². The molecule has 0 bridgehead atoms. The van der Waals surface area contributed by atoms with Crippen LogP contribution in [0.25, 0.3) is 0 Å². The summed E-state index contributed by atoms with van der Waals surface area (Å²) in [7, 11) is 0. The normalized spacial score (nSPS) is 12.3. The van der Waals surface area contributed by atoms with Crippen molar-refractivity contribution in [3.05, 3.63) is 0 Å². The first-order valence-corrected chi connectivity index (χ1v) is 4.85. The van der Waals surface area contributed by atoms with Gasteiger partial charge in [0.1, 0.15) is 0 Å². The number of quaternary nitrogens is 1.